The molecule has 112 valence electrons. The monoisotopic (exact) mass is 300 g/mol. The Labute approximate surface area is 124 Å². The lowest BCUT2D eigenvalue weighted by Crippen LogP contribution is -2.28. The van der Waals surface area contributed by atoms with Crippen LogP contribution in [0, 0.1) is 28.4 Å². The molecule has 0 unspecified atom stereocenters. The molecule has 2 rings (SSSR count). The average Bonchev–Trinajstić information content (AvgIpc) is 2.47. The Hall–Kier alpha value is -3.25. The van der Waals surface area contributed by atoms with E-state index in [0.717, 1.165) is 0 Å². The first-order valence-electron chi connectivity index (χ1n) is 6.23. The van der Waals surface area contributed by atoms with Crippen LogP contribution in [-0.2, 0) is 0 Å². The Kier molecular flexibility index (Phi) is 4.45. The molecule has 0 bridgehead atoms. The van der Waals surface area contributed by atoms with Gasteiger partial charge in [0.25, 0.3) is 11.2 Å². The highest BCUT2D eigenvalue weighted by Crippen LogP contribution is 2.18. The van der Waals surface area contributed by atoms with Crippen LogP contribution in [0.1, 0.15) is 17.3 Å². The predicted molar refractivity (Wildman–Crippen MR) is 77.8 cm³/mol. The molecule has 0 aliphatic rings. The number of benzene rings is 1. The minimum Gasteiger partial charge on any atom is -0.292 e. The summed E-state index contributed by atoms with van der Waals surface area (Å²) in [6, 6.07) is 8.16. The fourth-order valence-electron chi connectivity index (χ4n) is 1.79. The molecule has 3 N–H and O–H groups in total. The molecule has 1 heterocycles. The van der Waals surface area contributed by atoms with Gasteiger partial charge in [0, 0.05) is 23.9 Å². The predicted octanol–water partition coefficient (Wildman–Crippen LogP) is 1.17. The number of hydrogen-bond donors (Lipinski definition) is 3. The second kappa shape index (κ2) is 6.47. The van der Waals surface area contributed by atoms with Crippen LogP contribution in [0.3, 0.4) is 0 Å². The summed E-state index contributed by atoms with van der Waals surface area (Å²) in [6.45, 7) is 1.66. The maximum Gasteiger partial charge on any atom is 0.269 e. The third kappa shape index (κ3) is 3.65. The number of aryl methyl sites for hydroxylation is 1. The molecule has 1 aromatic heterocycles. The summed E-state index contributed by atoms with van der Waals surface area (Å²) in [7, 11) is 0. The van der Waals surface area contributed by atoms with Crippen molar-refractivity contribution >= 4 is 11.6 Å². The SMILES string of the molecule is Cc1cc(=O)[nH]c(NN[C@@H](C#N)c2cccc([N+](=O)[O-])c2)n1. The number of rotatable bonds is 5. The average molecular weight is 300 g/mol. The Balaban J connectivity index is 2.16. The van der Waals surface area contributed by atoms with Gasteiger partial charge in [-0.3, -0.25) is 25.3 Å². The number of nitro benzene ring substituents is 1. The van der Waals surface area contributed by atoms with Gasteiger partial charge in [-0.05, 0) is 12.5 Å². The number of aromatic amines is 1. The Bertz CT molecular complexity index is 795. The zero-order chi connectivity index (χ0) is 16.1. The van der Waals surface area contributed by atoms with Crippen LogP contribution >= 0.6 is 0 Å². The topological polar surface area (TPSA) is 137 Å². The molecule has 9 heteroatoms. The van der Waals surface area contributed by atoms with Crippen LogP contribution in [0.4, 0.5) is 11.6 Å². The molecule has 1 atom stereocenters. The van der Waals surface area contributed by atoms with E-state index >= 15 is 0 Å². The third-order valence-electron chi connectivity index (χ3n) is 2.75. The van der Waals surface area contributed by atoms with Crippen molar-refractivity contribution in [2.24, 2.45) is 0 Å². The van der Waals surface area contributed by atoms with E-state index in [4.69, 9.17) is 0 Å². The maximum absolute atomic E-state index is 11.3. The van der Waals surface area contributed by atoms with Gasteiger partial charge in [-0.2, -0.15) is 5.26 Å². The minimum absolute atomic E-state index is 0.110. The number of nitrogens with one attached hydrogen (secondary N) is 3. The van der Waals surface area contributed by atoms with Crippen molar-refractivity contribution in [2.45, 2.75) is 13.0 Å². The molecule has 0 radical (unpaired) electrons. The highest BCUT2D eigenvalue weighted by Gasteiger charge is 2.14. The summed E-state index contributed by atoms with van der Waals surface area (Å²) in [5, 5.41) is 19.9. The van der Waals surface area contributed by atoms with Crippen molar-refractivity contribution in [1.82, 2.24) is 15.4 Å². The standard InChI is InChI=1S/C13H12N6O3/c1-8-5-12(20)16-13(15-8)18-17-11(7-14)9-3-2-4-10(6-9)19(21)22/h2-6,11,17H,1H3,(H2,15,16,18,20)/t11-/m0/s1. The van der Waals surface area contributed by atoms with Crippen LogP contribution in [0.5, 0.6) is 0 Å². The quantitative estimate of drug-likeness (QED) is 0.556. The van der Waals surface area contributed by atoms with Crippen molar-refractivity contribution in [3.63, 3.8) is 0 Å². The molecule has 0 saturated heterocycles. The van der Waals surface area contributed by atoms with E-state index in [9.17, 15) is 20.2 Å². The number of hydrogen-bond acceptors (Lipinski definition) is 7. The summed E-state index contributed by atoms with van der Waals surface area (Å²) >= 11 is 0. The summed E-state index contributed by atoms with van der Waals surface area (Å²) < 4.78 is 0. The second-order valence-corrected chi connectivity index (χ2v) is 4.42. The van der Waals surface area contributed by atoms with Gasteiger partial charge in [-0.15, -0.1) is 0 Å². The minimum atomic E-state index is -0.856. The molecule has 2 aromatic rings. The highest BCUT2D eigenvalue weighted by molar-refractivity contribution is 5.38. The molecule has 0 aliphatic heterocycles. The number of nitriles is 1. The van der Waals surface area contributed by atoms with E-state index in [0.29, 0.717) is 11.3 Å². The molecule has 0 fully saturated rings. The Morgan fingerprint density at radius 3 is 2.86 bits per heavy atom. The van der Waals surface area contributed by atoms with Crippen molar-refractivity contribution in [3.05, 3.63) is 62.1 Å². The van der Waals surface area contributed by atoms with Crippen LogP contribution in [0.15, 0.2) is 35.1 Å². The smallest absolute Gasteiger partial charge is 0.269 e. The number of hydrazine groups is 1. The molecule has 22 heavy (non-hydrogen) atoms. The molecular formula is C13H12N6O3. The van der Waals surface area contributed by atoms with Crippen LogP contribution in [-0.4, -0.2) is 14.9 Å². The molecule has 9 nitrogen and oxygen atoms in total. The van der Waals surface area contributed by atoms with E-state index in [1.54, 1.807) is 13.0 Å². The lowest BCUT2D eigenvalue weighted by atomic mass is 10.1. The zero-order valence-electron chi connectivity index (χ0n) is 11.5. The fraction of sp³-hybridized carbons (Fsp3) is 0.154. The number of non-ortho nitro benzene ring substituents is 1. The normalized spacial score (nSPS) is 11.5. The maximum atomic E-state index is 11.3. The first-order valence-corrected chi connectivity index (χ1v) is 6.23. The van der Waals surface area contributed by atoms with Crippen LogP contribution < -0.4 is 16.4 Å². The first kappa shape index (κ1) is 15.1. The molecule has 1 aromatic carbocycles. The molecule has 0 aliphatic carbocycles. The van der Waals surface area contributed by atoms with Gasteiger partial charge in [0.15, 0.2) is 0 Å². The zero-order valence-corrected chi connectivity index (χ0v) is 11.5. The summed E-state index contributed by atoms with van der Waals surface area (Å²) in [5.74, 6) is 0.149. The molecule has 0 saturated carbocycles. The number of anilines is 1. The lowest BCUT2D eigenvalue weighted by molar-refractivity contribution is -0.384. The van der Waals surface area contributed by atoms with E-state index in [1.807, 2.05) is 6.07 Å². The molecule has 0 spiro atoms. The molecular weight excluding hydrogens is 288 g/mol. The largest absolute Gasteiger partial charge is 0.292 e. The lowest BCUT2D eigenvalue weighted by Gasteiger charge is -2.13. The number of H-pyrrole nitrogens is 1. The van der Waals surface area contributed by atoms with Gasteiger partial charge >= 0.3 is 0 Å². The first-order chi connectivity index (χ1) is 10.5. The number of nitro groups is 1. The van der Waals surface area contributed by atoms with E-state index < -0.39 is 11.0 Å². The summed E-state index contributed by atoms with van der Waals surface area (Å²) in [6.07, 6.45) is 0. The number of nitrogens with zero attached hydrogens (tertiary/aromatic N) is 3. The highest BCUT2D eigenvalue weighted by atomic mass is 16.6. The van der Waals surface area contributed by atoms with E-state index in [1.165, 1.54) is 24.3 Å². The van der Waals surface area contributed by atoms with Crippen LogP contribution in [0.25, 0.3) is 0 Å². The third-order valence-corrected chi connectivity index (χ3v) is 2.75. The van der Waals surface area contributed by atoms with Crippen molar-refractivity contribution in [3.8, 4) is 6.07 Å². The summed E-state index contributed by atoms with van der Waals surface area (Å²) in [4.78, 5) is 28.0. The summed E-state index contributed by atoms with van der Waals surface area (Å²) in [5.41, 5.74) is 5.76. The van der Waals surface area contributed by atoms with Crippen molar-refractivity contribution in [1.29, 1.82) is 5.26 Å². The van der Waals surface area contributed by atoms with Crippen molar-refractivity contribution < 1.29 is 4.92 Å². The van der Waals surface area contributed by atoms with Gasteiger partial charge in [0.1, 0.15) is 6.04 Å². The Morgan fingerprint density at radius 2 is 2.23 bits per heavy atom. The van der Waals surface area contributed by atoms with Gasteiger partial charge in [-0.25, -0.2) is 10.4 Å². The van der Waals surface area contributed by atoms with Gasteiger partial charge in [-0.1, -0.05) is 12.1 Å². The van der Waals surface area contributed by atoms with Crippen LogP contribution in [0.2, 0.25) is 0 Å². The second-order valence-electron chi connectivity index (χ2n) is 4.42. The van der Waals surface area contributed by atoms with E-state index in [-0.39, 0.29) is 17.2 Å². The van der Waals surface area contributed by atoms with Crippen molar-refractivity contribution in [2.75, 3.05) is 5.43 Å². The van der Waals surface area contributed by atoms with Gasteiger partial charge < -0.3 is 0 Å². The fourth-order valence-corrected chi connectivity index (χ4v) is 1.79. The van der Waals surface area contributed by atoms with Gasteiger partial charge in [0.05, 0.1) is 11.0 Å². The van der Waals surface area contributed by atoms with Gasteiger partial charge in [0.2, 0.25) is 5.95 Å². The number of aromatic nitrogens is 2. The Morgan fingerprint density at radius 1 is 1.45 bits per heavy atom. The molecule has 0 amide bonds. The van der Waals surface area contributed by atoms with E-state index in [2.05, 4.69) is 20.8 Å².